The molecule has 98 valence electrons. The molecule has 0 spiro atoms. The standard InChI is InChI=1S/C14H20N2OS/c1-11-5-4-8-16(10-11)14(18)15-12-6-3-7-13(9-12)17-2/h3,6-7,9,11H,4-5,8,10H2,1-2H3,(H,15,18). The number of benzene rings is 1. The van der Waals surface area contributed by atoms with E-state index in [9.17, 15) is 0 Å². The fraction of sp³-hybridized carbons (Fsp3) is 0.500. The van der Waals surface area contributed by atoms with Crippen molar-refractivity contribution in [3.63, 3.8) is 0 Å². The second-order valence-electron chi connectivity index (χ2n) is 4.86. The minimum Gasteiger partial charge on any atom is -0.497 e. The number of likely N-dealkylation sites (tertiary alicyclic amines) is 1. The molecule has 3 nitrogen and oxygen atoms in total. The van der Waals surface area contributed by atoms with Crippen LogP contribution < -0.4 is 10.1 Å². The summed E-state index contributed by atoms with van der Waals surface area (Å²) in [5.74, 6) is 1.57. The quantitative estimate of drug-likeness (QED) is 0.830. The van der Waals surface area contributed by atoms with Crippen LogP contribution in [0, 0.1) is 5.92 Å². The Labute approximate surface area is 114 Å². The summed E-state index contributed by atoms with van der Waals surface area (Å²) in [6.07, 6.45) is 2.53. The van der Waals surface area contributed by atoms with Crippen molar-refractivity contribution in [3.05, 3.63) is 24.3 Å². The van der Waals surface area contributed by atoms with E-state index in [1.807, 2.05) is 24.3 Å². The molecule has 1 N–H and O–H groups in total. The first-order chi connectivity index (χ1) is 8.69. The smallest absolute Gasteiger partial charge is 0.173 e. The van der Waals surface area contributed by atoms with Crippen molar-refractivity contribution in [2.24, 2.45) is 5.92 Å². The lowest BCUT2D eigenvalue weighted by Crippen LogP contribution is -2.41. The number of piperidine rings is 1. The molecule has 0 saturated carbocycles. The second-order valence-corrected chi connectivity index (χ2v) is 5.24. The maximum Gasteiger partial charge on any atom is 0.173 e. The van der Waals surface area contributed by atoms with Crippen molar-refractivity contribution >= 4 is 23.0 Å². The Bertz CT molecular complexity index is 422. The minimum absolute atomic E-state index is 0.726. The lowest BCUT2D eigenvalue weighted by molar-refractivity contribution is 0.276. The van der Waals surface area contributed by atoms with E-state index in [4.69, 9.17) is 17.0 Å². The van der Waals surface area contributed by atoms with Gasteiger partial charge in [-0.25, -0.2) is 0 Å². The summed E-state index contributed by atoms with van der Waals surface area (Å²) >= 11 is 5.46. The molecule has 0 amide bonds. The Morgan fingerprint density at radius 1 is 1.50 bits per heavy atom. The summed E-state index contributed by atoms with van der Waals surface area (Å²) in [5.41, 5.74) is 0.984. The summed E-state index contributed by atoms with van der Waals surface area (Å²) in [4.78, 5) is 2.25. The summed E-state index contributed by atoms with van der Waals surface area (Å²) in [7, 11) is 1.67. The molecule has 1 unspecified atom stereocenters. The Hall–Kier alpha value is -1.29. The molecule has 1 heterocycles. The first-order valence-corrected chi connectivity index (χ1v) is 6.80. The highest BCUT2D eigenvalue weighted by Gasteiger charge is 2.18. The van der Waals surface area contributed by atoms with Crippen molar-refractivity contribution in [1.29, 1.82) is 0 Å². The molecule has 1 atom stereocenters. The van der Waals surface area contributed by atoms with Crippen LogP contribution in [0.4, 0.5) is 5.69 Å². The molecule has 1 fully saturated rings. The molecule has 0 aromatic heterocycles. The van der Waals surface area contributed by atoms with Gasteiger partial charge in [0.25, 0.3) is 0 Å². The SMILES string of the molecule is COc1cccc(NC(=S)N2CCCC(C)C2)c1. The van der Waals surface area contributed by atoms with Crippen molar-refractivity contribution in [2.75, 3.05) is 25.5 Å². The van der Waals surface area contributed by atoms with Crippen LogP contribution in [-0.4, -0.2) is 30.2 Å². The largest absolute Gasteiger partial charge is 0.497 e. The van der Waals surface area contributed by atoms with E-state index in [-0.39, 0.29) is 0 Å². The Balaban J connectivity index is 1.97. The van der Waals surface area contributed by atoms with Gasteiger partial charge < -0.3 is 15.0 Å². The van der Waals surface area contributed by atoms with E-state index in [1.54, 1.807) is 7.11 Å². The van der Waals surface area contributed by atoms with Gasteiger partial charge in [-0.1, -0.05) is 13.0 Å². The molecule has 0 radical (unpaired) electrons. The molecule has 0 aliphatic carbocycles. The third kappa shape index (κ3) is 3.35. The number of nitrogens with zero attached hydrogens (tertiary/aromatic N) is 1. The minimum atomic E-state index is 0.726. The number of hydrogen-bond donors (Lipinski definition) is 1. The number of hydrogen-bond acceptors (Lipinski definition) is 2. The van der Waals surface area contributed by atoms with E-state index >= 15 is 0 Å². The third-order valence-electron chi connectivity index (χ3n) is 3.27. The van der Waals surface area contributed by atoms with Crippen molar-refractivity contribution in [3.8, 4) is 5.75 Å². The number of nitrogens with one attached hydrogen (secondary N) is 1. The van der Waals surface area contributed by atoms with Crippen LogP contribution in [0.3, 0.4) is 0 Å². The summed E-state index contributed by atoms with van der Waals surface area (Å²) in [5, 5.41) is 4.10. The van der Waals surface area contributed by atoms with Gasteiger partial charge in [0.15, 0.2) is 5.11 Å². The first-order valence-electron chi connectivity index (χ1n) is 6.39. The van der Waals surface area contributed by atoms with E-state index in [0.717, 1.165) is 35.6 Å². The predicted octanol–water partition coefficient (Wildman–Crippen LogP) is 3.12. The van der Waals surface area contributed by atoms with Crippen LogP contribution in [0.1, 0.15) is 19.8 Å². The van der Waals surface area contributed by atoms with Crippen LogP contribution in [-0.2, 0) is 0 Å². The zero-order chi connectivity index (χ0) is 13.0. The number of anilines is 1. The Morgan fingerprint density at radius 3 is 3.06 bits per heavy atom. The maximum atomic E-state index is 5.46. The number of methoxy groups -OCH3 is 1. The molecule has 1 saturated heterocycles. The highest BCUT2D eigenvalue weighted by atomic mass is 32.1. The molecule has 1 aliphatic rings. The van der Waals surface area contributed by atoms with Crippen molar-refractivity contribution in [2.45, 2.75) is 19.8 Å². The highest BCUT2D eigenvalue weighted by Crippen LogP contribution is 2.19. The second kappa shape index (κ2) is 6.05. The van der Waals surface area contributed by atoms with Crippen LogP contribution in [0.25, 0.3) is 0 Å². The van der Waals surface area contributed by atoms with Crippen LogP contribution >= 0.6 is 12.2 Å². The number of thiocarbonyl (C=S) groups is 1. The van der Waals surface area contributed by atoms with Gasteiger partial charge in [0.2, 0.25) is 0 Å². The highest BCUT2D eigenvalue weighted by molar-refractivity contribution is 7.80. The molecule has 0 bridgehead atoms. The third-order valence-corrected chi connectivity index (χ3v) is 3.63. The average Bonchev–Trinajstić information content (AvgIpc) is 2.39. The van der Waals surface area contributed by atoms with E-state index in [1.165, 1.54) is 12.8 Å². The van der Waals surface area contributed by atoms with Gasteiger partial charge in [-0.3, -0.25) is 0 Å². The van der Waals surface area contributed by atoms with Gasteiger partial charge in [0, 0.05) is 24.8 Å². The monoisotopic (exact) mass is 264 g/mol. The summed E-state index contributed by atoms with van der Waals surface area (Å²) in [6.45, 7) is 4.39. The molecular weight excluding hydrogens is 244 g/mol. The lowest BCUT2D eigenvalue weighted by Gasteiger charge is -2.33. The summed E-state index contributed by atoms with van der Waals surface area (Å²) in [6, 6.07) is 7.85. The van der Waals surface area contributed by atoms with Crippen LogP contribution in [0.2, 0.25) is 0 Å². The molecule has 18 heavy (non-hydrogen) atoms. The molecular formula is C14H20N2OS. The zero-order valence-electron chi connectivity index (χ0n) is 11.0. The van der Waals surface area contributed by atoms with E-state index in [2.05, 4.69) is 17.1 Å². The van der Waals surface area contributed by atoms with Gasteiger partial charge in [-0.15, -0.1) is 0 Å². The van der Waals surface area contributed by atoms with Crippen molar-refractivity contribution in [1.82, 2.24) is 4.90 Å². The van der Waals surface area contributed by atoms with Gasteiger partial charge >= 0.3 is 0 Å². The summed E-state index contributed by atoms with van der Waals surface area (Å²) < 4.78 is 5.20. The van der Waals surface area contributed by atoms with Gasteiger partial charge in [0.05, 0.1) is 7.11 Å². The molecule has 2 rings (SSSR count). The van der Waals surface area contributed by atoms with E-state index in [0.29, 0.717) is 0 Å². The predicted molar refractivity (Wildman–Crippen MR) is 79.2 cm³/mol. The molecule has 4 heteroatoms. The zero-order valence-corrected chi connectivity index (χ0v) is 11.8. The number of rotatable bonds is 2. The number of ether oxygens (including phenoxy) is 1. The van der Waals surface area contributed by atoms with Crippen LogP contribution in [0.5, 0.6) is 5.75 Å². The van der Waals surface area contributed by atoms with Gasteiger partial charge in [-0.05, 0) is 43.1 Å². The normalized spacial score (nSPS) is 19.4. The fourth-order valence-electron chi connectivity index (χ4n) is 2.28. The Morgan fingerprint density at radius 2 is 2.33 bits per heavy atom. The Kier molecular flexibility index (Phi) is 4.42. The fourth-order valence-corrected chi connectivity index (χ4v) is 2.56. The van der Waals surface area contributed by atoms with E-state index < -0.39 is 0 Å². The van der Waals surface area contributed by atoms with Crippen molar-refractivity contribution < 1.29 is 4.74 Å². The lowest BCUT2D eigenvalue weighted by atomic mass is 10.0. The molecule has 1 aliphatic heterocycles. The van der Waals surface area contributed by atoms with Gasteiger partial charge in [0.1, 0.15) is 5.75 Å². The first kappa shape index (κ1) is 13.1. The maximum absolute atomic E-state index is 5.46. The van der Waals surface area contributed by atoms with Crippen LogP contribution in [0.15, 0.2) is 24.3 Å². The van der Waals surface area contributed by atoms with Gasteiger partial charge in [-0.2, -0.15) is 0 Å². The average molecular weight is 264 g/mol. The molecule has 1 aromatic carbocycles. The molecule has 1 aromatic rings. The topological polar surface area (TPSA) is 24.5 Å².